The van der Waals surface area contributed by atoms with Gasteiger partial charge in [0.1, 0.15) is 12.6 Å². The van der Waals surface area contributed by atoms with E-state index in [4.69, 9.17) is 46.4 Å². The summed E-state index contributed by atoms with van der Waals surface area (Å²) in [5.41, 5.74) is 0.603. The van der Waals surface area contributed by atoms with Gasteiger partial charge < -0.3 is 10.2 Å². The molecular weight excluding hydrogens is 556 g/mol. The molecule has 2 rings (SSSR count). The summed E-state index contributed by atoms with van der Waals surface area (Å²) in [5.74, 6) is -0.990. The number of carbonyl (C=O) groups excluding carboxylic acids is 2. The Morgan fingerprint density at radius 1 is 1.03 bits per heavy atom. The molecule has 0 heterocycles. The summed E-state index contributed by atoms with van der Waals surface area (Å²) < 4.78 is 26.2. The van der Waals surface area contributed by atoms with Gasteiger partial charge >= 0.3 is 0 Å². The van der Waals surface area contributed by atoms with Crippen molar-refractivity contribution in [3.63, 3.8) is 0 Å². The fourth-order valence-corrected chi connectivity index (χ4v) is 5.18. The lowest BCUT2D eigenvalue weighted by Gasteiger charge is -2.33. The molecule has 192 valence electrons. The lowest BCUT2D eigenvalue weighted by atomic mass is 10.1. The van der Waals surface area contributed by atoms with Crippen molar-refractivity contribution in [2.45, 2.75) is 45.8 Å². The topological polar surface area (TPSA) is 86.8 Å². The molecule has 0 saturated heterocycles. The highest BCUT2D eigenvalue weighted by atomic mass is 35.5. The maximum Gasteiger partial charge on any atom is 0.244 e. The lowest BCUT2D eigenvalue weighted by molar-refractivity contribution is -0.140. The van der Waals surface area contributed by atoms with Gasteiger partial charge in [0.2, 0.25) is 21.8 Å². The van der Waals surface area contributed by atoms with Crippen LogP contribution in [0, 0.1) is 0 Å². The number of rotatable bonds is 10. The van der Waals surface area contributed by atoms with Crippen LogP contribution >= 0.6 is 46.4 Å². The van der Waals surface area contributed by atoms with Crippen LogP contribution in [0.3, 0.4) is 0 Å². The third-order valence-electron chi connectivity index (χ3n) is 5.05. The summed E-state index contributed by atoms with van der Waals surface area (Å²) in [5, 5.41) is 3.67. The van der Waals surface area contributed by atoms with Crippen LogP contribution in [0.15, 0.2) is 36.4 Å². The van der Waals surface area contributed by atoms with Gasteiger partial charge in [-0.1, -0.05) is 65.5 Å². The number of carbonyl (C=O) groups is 2. The second-order valence-corrected chi connectivity index (χ2v) is 11.7. The van der Waals surface area contributed by atoms with Crippen molar-refractivity contribution in [2.24, 2.45) is 0 Å². The number of nitrogens with one attached hydrogen (secondary N) is 1. The van der Waals surface area contributed by atoms with Crippen LogP contribution in [-0.4, -0.2) is 50.0 Å². The highest BCUT2D eigenvalue weighted by Gasteiger charge is 2.33. The summed E-state index contributed by atoms with van der Waals surface area (Å²) in [6.07, 6.45) is 1.24. The van der Waals surface area contributed by atoms with Crippen LogP contribution < -0.4 is 9.62 Å². The number of anilines is 1. The molecule has 0 aliphatic carbocycles. The highest BCUT2D eigenvalue weighted by molar-refractivity contribution is 7.92. The summed E-state index contributed by atoms with van der Waals surface area (Å²) in [6, 6.07) is 8.25. The number of nitrogens with zero attached hydrogens (tertiary/aromatic N) is 2. The number of benzene rings is 2. The second kappa shape index (κ2) is 12.5. The first-order valence-corrected chi connectivity index (χ1v) is 14.1. The van der Waals surface area contributed by atoms with Crippen molar-refractivity contribution in [1.29, 1.82) is 0 Å². The normalized spacial score (nSPS) is 12.4. The SMILES string of the molecule is CC[C@H](C(=O)NC(C)C)N(Cc1ccc(Cl)cc1Cl)C(=O)CN(c1cccc(Cl)c1Cl)S(C)(=O)=O. The van der Waals surface area contributed by atoms with Gasteiger partial charge in [0, 0.05) is 22.6 Å². The van der Waals surface area contributed by atoms with Crippen LogP contribution in [0.4, 0.5) is 5.69 Å². The number of amides is 2. The molecule has 1 N–H and O–H groups in total. The predicted octanol–water partition coefficient (Wildman–Crippen LogP) is 5.40. The van der Waals surface area contributed by atoms with E-state index >= 15 is 0 Å². The standard InChI is InChI=1S/C23H27Cl4N3O4S/c1-5-19(23(32)28-14(2)3)29(12-15-9-10-16(24)11-18(15)26)21(31)13-30(35(4,33)34)20-8-6-7-17(25)22(20)27/h6-11,14,19H,5,12-13H2,1-4H3,(H,28,32)/t19-/m1/s1. The smallest absolute Gasteiger partial charge is 0.244 e. The quantitative estimate of drug-likeness (QED) is 0.406. The van der Waals surface area contributed by atoms with Crippen molar-refractivity contribution in [3.8, 4) is 0 Å². The molecule has 0 unspecified atom stereocenters. The average molecular weight is 583 g/mol. The van der Waals surface area contributed by atoms with Crippen molar-refractivity contribution >= 4 is 73.9 Å². The highest BCUT2D eigenvalue weighted by Crippen LogP contribution is 2.34. The third-order valence-corrected chi connectivity index (χ3v) is 7.57. The van der Waals surface area contributed by atoms with E-state index in [2.05, 4.69) is 5.32 Å². The molecular formula is C23H27Cl4N3O4S. The molecule has 2 aromatic carbocycles. The first kappa shape index (κ1) is 29.5. The first-order chi connectivity index (χ1) is 16.3. The number of sulfonamides is 1. The third kappa shape index (κ3) is 7.89. The minimum absolute atomic E-state index is 0.00993. The van der Waals surface area contributed by atoms with Crippen molar-refractivity contribution < 1.29 is 18.0 Å². The summed E-state index contributed by atoms with van der Waals surface area (Å²) in [6.45, 7) is 4.73. The fraction of sp³-hybridized carbons (Fsp3) is 0.391. The predicted molar refractivity (Wildman–Crippen MR) is 143 cm³/mol. The van der Waals surface area contributed by atoms with Gasteiger partial charge in [-0.05, 0) is 50.1 Å². The zero-order valence-corrected chi connectivity index (χ0v) is 23.5. The van der Waals surface area contributed by atoms with Gasteiger partial charge in [-0.3, -0.25) is 13.9 Å². The second-order valence-electron chi connectivity index (χ2n) is 8.19. The zero-order valence-electron chi connectivity index (χ0n) is 19.7. The largest absolute Gasteiger partial charge is 0.352 e. The summed E-state index contributed by atoms with van der Waals surface area (Å²) in [7, 11) is -3.95. The molecule has 0 aromatic heterocycles. The van der Waals surface area contributed by atoms with Gasteiger partial charge in [-0.2, -0.15) is 0 Å². The maximum absolute atomic E-state index is 13.6. The van der Waals surface area contributed by atoms with E-state index in [0.29, 0.717) is 15.6 Å². The number of halogens is 4. The molecule has 0 bridgehead atoms. The number of hydrogen-bond donors (Lipinski definition) is 1. The Kier molecular flexibility index (Phi) is 10.5. The van der Waals surface area contributed by atoms with Crippen LogP contribution in [-0.2, 0) is 26.2 Å². The van der Waals surface area contributed by atoms with E-state index in [1.54, 1.807) is 32.9 Å². The minimum atomic E-state index is -3.95. The number of hydrogen-bond acceptors (Lipinski definition) is 4. The minimum Gasteiger partial charge on any atom is -0.352 e. The van der Waals surface area contributed by atoms with Gasteiger partial charge in [-0.25, -0.2) is 8.42 Å². The molecule has 0 aliphatic heterocycles. The molecule has 0 aliphatic rings. The van der Waals surface area contributed by atoms with E-state index in [9.17, 15) is 18.0 Å². The van der Waals surface area contributed by atoms with Crippen LogP contribution in [0.5, 0.6) is 0 Å². The van der Waals surface area contributed by atoms with E-state index < -0.39 is 28.5 Å². The van der Waals surface area contributed by atoms with E-state index in [0.717, 1.165) is 10.6 Å². The van der Waals surface area contributed by atoms with Crippen molar-refractivity contribution in [3.05, 3.63) is 62.1 Å². The average Bonchev–Trinajstić information content (AvgIpc) is 2.74. The van der Waals surface area contributed by atoms with Crippen LogP contribution in [0.1, 0.15) is 32.8 Å². The molecule has 0 fully saturated rings. The Bertz CT molecular complexity index is 1190. The van der Waals surface area contributed by atoms with E-state index in [1.165, 1.54) is 29.2 Å². The summed E-state index contributed by atoms with van der Waals surface area (Å²) >= 11 is 24.7. The molecule has 2 aromatic rings. The van der Waals surface area contributed by atoms with Gasteiger partial charge in [-0.15, -0.1) is 0 Å². The van der Waals surface area contributed by atoms with Crippen molar-refractivity contribution in [2.75, 3.05) is 17.1 Å². The van der Waals surface area contributed by atoms with E-state index in [1.807, 2.05) is 0 Å². The van der Waals surface area contributed by atoms with Crippen molar-refractivity contribution in [1.82, 2.24) is 10.2 Å². The van der Waals surface area contributed by atoms with E-state index in [-0.39, 0.29) is 40.6 Å². The first-order valence-electron chi connectivity index (χ1n) is 10.7. The zero-order chi connectivity index (χ0) is 26.5. The van der Waals surface area contributed by atoms with Crippen LogP contribution in [0.2, 0.25) is 20.1 Å². The molecule has 2 amide bonds. The Labute approximate surface area is 226 Å². The Hall–Kier alpha value is -1.71. The van der Waals surface area contributed by atoms with Gasteiger partial charge in [0.25, 0.3) is 0 Å². The Balaban J connectivity index is 2.52. The molecule has 7 nitrogen and oxygen atoms in total. The molecule has 0 saturated carbocycles. The van der Waals surface area contributed by atoms with Crippen LogP contribution in [0.25, 0.3) is 0 Å². The molecule has 1 atom stereocenters. The molecule has 0 spiro atoms. The fourth-order valence-electron chi connectivity index (χ4n) is 3.41. The lowest BCUT2D eigenvalue weighted by Crippen LogP contribution is -2.53. The summed E-state index contributed by atoms with van der Waals surface area (Å²) in [4.78, 5) is 27.9. The monoisotopic (exact) mass is 581 g/mol. The molecule has 0 radical (unpaired) electrons. The van der Waals surface area contributed by atoms with Gasteiger partial charge in [0.15, 0.2) is 0 Å². The van der Waals surface area contributed by atoms with Gasteiger partial charge in [0.05, 0.1) is 22.0 Å². The Morgan fingerprint density at radius 2 is 1.69 bits per heavy atom. The Morgan fingerprint density at radius 3 is 2.23 bits per heavy atom. The molecule has 35 heavy (non-hydrogen) atoms. The maximum atomic E-state index is 13.6. The molecule has 12 heteroatoms.